The summed E-state index contributed by atoms with van der Waals surface area (Å²) >= 11 is 0. The number of hydrogen-bond acceptors (Lipinski definition) is 1. The molecule has 0 saturated heterocycles. The third-order valence-electron chi connectivity index (χ3n) is 3.32. The Morgan fingerprint density at radius 1 is 1.29 bits per heavy atom. The Morgan fingerprint density at radius 2 is 2.00 bits per heavy atom. The van der Waals surface area contributed by atoms with Crippen molar-refractivity contribution < 1.29 is 0 Å². The summed E-state index contributed by atoms with van der Waals surface area (Å²) < 4.78 is 0. The average Bonchev–Trinajstić information content (AvgIpc) is 2.00. The normalized spacial score (nSPS) is 19.1. The molecule has 1 aliphatic carbocycles. The molecule has 0 amide bonds. The number of hydrogen-bond donors (Lipinski definition) is 1. The zero-order valence-electron chi connectivity index (χ0n) is 9.35. The van der Waals surface area contributed by atoms with Gasteiger partial charge in [0.05, 0.1) is 0 Å². The second kappa shape index (κ2) is 3.01. The molecule has 1 aliphatic rings. The van der Waals surface area contributed by atoms with Crippen LogP contribution in [-0.4, -0.2) is 0 Å². The summed E-state index contributed by atoms with van der Waals surface area (Å²) in [5.74, 6) is 0. The van der Waals surface area contributed by atoms with Crippen LogP contribution in [0, 0.1) is 6.92 Å². The minimum atomic E-state index is 0.269. The Hall–Kier alpha value is -0.980. The minimum absolute atomic E-state index is 0.269. The molecule has 0 spiro atoms. The van der Waals surface area contributed by atoms with Crippen LogP contribution in [0.5, 0.6) is 0 Å². The van der Waals surface area contributed by atoms with E-state index in [1.165, 1.54) is 36.0 Å². The number of nitrogen functional groups attached to an aromatic ring is 1. The van der Waals surface area contributed by atoms with Crippen molar-refractivity contribution in [3.8, 4) is 0 Å². The van der Waals surface area contributed by atoms with Crippen LogP contribution in [0.2, 0.25) is 0 Å². The Bertz CT molecular complexity index is 364. The van der Waals surface area contributed by atoms with Crippen molar-refractivity contribution in [2.75, 3.05) is 5.73 Å². The predicted octanol–water partition coefficient (Wildman–Crippen LogP) is 3.19. The van der Waals surface area contributed by atoms with Crippen molar-refractivity contribution in [2.45, 2.75) is 45.4 Å². The summed E-state index contributed by atoms with van der Waals surface area (Å²) in [7, 11) is 0. The predicted molar refractivity (Wildman–Crippen MR) is 61.6 cm³/mol. The maximum absolute atomic E-state index is 6.12. The van der Waals surface area contributed by atoms with Crippen molar-refractivity contribution in [2.24, 2.45) is 0 Å². The van der Waals surface area contributed by atoms with Crippen LogP contribution in [0.1, 0.15) is 43.4 Å². The zero-order valence-corrected chi connectivity index (χ0v) is 9.35. The lowest BCUT2D eigenvalue weighted by atomic mass is 9.71. The van der Waals surface area contributed by atoms with Gasteiger partial charge < -0.3 is 5.73 Å². The maximum atomic E-state index is 6.12. The quantitative estimate of drug-likeness (QED) is 0.623. The highest BCUT2D eigenvalue weighted by Crippen LogP contribution is 2.40. The SMILES string of the molecule is Cc1cc(N)c2c(c1)CCCC2(C)C. The van der Waals surface area contributed by atoms with E-state index in [0.717, 1.165) is 5.69 Å². The zero-order chi connectivity index (χ0) is 10.3. The number of rotatable bonds is 0. The van der Waals surface area contributed by atoms with Gasteiger partial charge in [-0.2, -0.15) is 0 Å². The molecule has 76 valence electrons. The van der Waals surface area contributed by atoms with E-state index < -0.39 is 0 Å². The Morgan fingerprint density at radius 3 is 2.71 bits per heavy atom. The topological polar surface area (TPSA) is 26.0 Å². The highest BCUT2D eigenvalue weighted by Gasteiger charge is 2.29. The number of aryl methyl sites for hydroxylation is 2. The fourth-order valence-corrected chi connectivity index (χ4v) is 2.76. The van der Waals surface area contributed by atoms with Crippen molar-refractivity contribution in [1.82, 2.24) is 0 Å². The van der Waals surface area contributed by atoms with Gasteiger partial charge in [-0.05, 0) is 54.4 Å². The van der Waals surface area contributed by atoms with Gasteiger partial charge >= 0.3 is 0 Å². The summed E-state index contributed by atoms with van der Waals surface area (Å²) in [6.07, 6.45) is 3.75. The Kier molecular flexibility index (Phi) is 2.06. The van der Waals surface area contributed by atoms with E-state index in [1.54, 1.807) is 0 Å². The molecule has 0 unspecified atom stereocenters. The first-order valence-electron chi connectivity index (χ1n) is 5.40. The summed E-state index contributed by atoms with van der Waals surface area (Å²) in [5.41, 5.74) is 11.5. The fraction of sp³-hybridized carbons (Fsp3) is 0.538. The third-order valence-corrected chi connectivity index (χ3v) is 3.32. The van der Waals surface area contributed by atoms with Gasteiger partial charge in [0.15, 0.2) is 0 Å². The van der Waals surface area contributed by atoms with Crippen molar-refractivity contribution in [3.63, 3.8) is 0 Å². The summed E-state index contributed by atoms with van der Waals surface area (Å²) in [4.78, 5) is 0. The first-order valence-corrected chi connectivity index (χ1v) is 5.40. The van der Waals surface area contributed by atoms with Crippen LogP contribution in [0.25, 0.3) is 0 Å². The van der Waals surface area contributed by atoms with Crippen LogP contribution >= 0.6 is 0 Å². The van der Waals surface area contributed by atoms with E-state index >= 15 is 0 Å². The molecule has 0 atom stereocenters. The smallest absolute Gasteiger partial charge is 0.0357 e. The standard InChI is InChI=1S/C13H19N/c1-9-7-10-5-4-6-13(2,3)12(10)11(14)8-9/h7-8H,4-6,14H2,1-3H3. The Labute approximate surface area is 86.3 Å². The van der Waals surface area contributed by atoms with Crippen LogP contribution in [-0.2, 0) is 11.8 Å². The summed E-state index contributed by atoms with van der Waals surface area (Å²) in [6, 6.07) is 4.40. The van der Waals surface area contributed by atoms with E-state index in [1.807, 2.05) is 0 Å². The second-order valence-electron chi connectivity index (χ2n) is 5.13. The van der Waals surface area contributed by atoms with Crippen molar-refractivity contribution in [3.05, 3.63) is 28.8 Å². The van der Waals surface area contributed by atoms with Gasteiger partial charge in [0, 0.05) is 5.69 Å². The monoisotopic (exact) mass is 189 g/mol. The van der Waals surface area contributed by atoms with E-state index in [4.69, 9.17) is 5.73 Å². The van der Waals surface area contributed by atoms with Crippen LogP contribution < -0.4 is 5.73 Å². The molecule has 2 rings (SSSR count). The van der Waals surface area contributed by atoms with E-state index in [9.17, 15) is 0 Å². The van der Waals surface area contributed by atoms with Gasteiger partial charge in [0.25, 0.3) is 0 Å². The average molecular weight is 189 g/mol. The molecule has 0 heterocycles. The first-order chi connectivity index (χ1) is 6.50. The van der Waals surface area contributed by atoms with Crippen molar-refractivity contribution in [1.29, 1.82) is 0 Å². The molecule has 0 saturated carbocycles. The number of benzene rings is 1. The molecule has 1 aromatic carbocycles. The van der Waals surface area contributed by atoms with Gasteiger partial charge in [-0.15, -0.1) is 0 Å². The maximum Gasteiger partial charge on any atom is 0.0357 e. The molecule has 0 aromatic heterocycles. The molecular formula is C13H19N. The molecule has 0 bridgehead atoms. The molecular weight excluding hydrogens is 170 g/mol. The first kappa shape index (κ1) is 9.57. The lowest BCUT2D eigenvalue weighted by Crippen LogP contribution is -2.25. The fourth-order valence-electron chi connectivity index (χ4n) is 2.76. The number of nitrogens with two attached hydrogens (primary N) is 1. The number of anilines is 1. The third kappa shape index (κ3) is 1.41. The molecule has 2 N–H and O–H groups in total. The van der Waals surface area contributed by atoms with Gasteiger partial charge in [-0.25, -0.2) is 0 Å². The van der Waals surface area contributed by atoms with Gasteiger partial charge in [-0.1, -0.05) is 19.9 Å². The van der Waals surface area contributed by atoms with Crippen molar-refractivity contribution >= 4 is 5.69 Å². The molecule has 1 heteroatoms. The molecule has 0 fully saturated rings. The van der Waals surface area contributed by atoms with Crippen LogP contribution in [0.3, 0.4) is 0 Å². The van der Waals surface area contributed by atoms with Crippen LogP contribution in [0.15, 0.2) is 12.1 Å². The second-order valence-corrected chi connectivity index (χ2v) is 5.13. The lowest BCUT2D eigenvalue weighted by molar-refractivity contribution is 0.433. The summed E-state index contributed by atoms with van der Waals surface area (Å²) in [6.45, 7) is 6.73. The molecule has 14 heavy (non-hydrogen) atoms. The molecule has 1 nitrogen and oxygen atoms in total. The summed E-state index contributed by atoms with van der Waals surface area (Å²) in [5, 5.41) is 0. The van der Waals surface area contributed by atoms with E-state index in [0.29, 0.717) is 0 Å². The van der Waals surface area contributed by atoms with Gasteiger partial charge in [0.2, 0.25) is 0 Å². The van der Waals surface area contributed by atoms with Gasteiger partial charge in [-0.3, -0.25) is 0 Å². The van der Waals surface area contributed by atoms with Crippen LogP contribution in [0.4, 0.5) is 5.69 Å². The van der Waals surface area contributed by atoms with E-state index in [-0.39, 0.29) is 5.41 Å². The minimum Gasteiger partial charge on any atom is -0.398 e. The molecule has 1 aromatic rings. The highest BCUT2D eigenvalue weighted by molar-refractivity contribution is 5.57. The molecule has 0 radical (unpaired) electrons. The number of fused-ring (bicyclic) bond motifs is 1. The van der Waals surface area contributed by atoms with Gasteiger partial charge in [0.1, 0.15) is 0 Å². The largest absolute Gasteiger partial charge is 0.398 e. The van der Waals surface area contributed by atoms with E-state index in [2.05, 4.69) is 32.9 Å². The molecule has 0 aliphatic heterocycles. The lowest BCUT2D eigenvalue weighted by Gasteiger charge is -2.34. The highest BCUT2D eigenvalue weighted by atomic mass is 14.6. The Balaban J connectivity index is 2.63.